The Morgan fingerprint density at radius 2 is 2.06 bits per heavy atom. The van der Waals surface area contributed by atoms with Crippen LogP contribution in [-0.2, 0) is 0 Å². The first-order chi connectivity index (χ1) is 7.58. The van der Waals surface area contributed by atoms with Crippen molar-refractivity contribution in [1.82, 2.24) is 14.8 Å². The van der Waals surface area contributed by atoms with Crippen LogP contribution in [0, 0.1) is 6.92 Å². The summed E-state index contributed by atoms with van der Waals surface area (Å²) >= 11 is 0. The van der Waals surface area contributed by atoms with Gasteiger partial charge in [0.1, 0.15) is 6.33 Å². The highest BCUT2D eigenvalue weighted by atomic mass is 15.4. The Bertz CT molecular complexity index is 499. The van der Waals surface area contributed by atoms with E-state index in [1.54, 1.807) is 11.0 Å². The second-order valence-corrected chi connectivity index (χ2v) is 4.24. The molecule has 0 amide bonds. The molecule has 0 aliphatic rings. The molecule has 0 bridgehead atoms. The zero-order chi connectivity index (χ0) is 11.7. The van der Waals surface area contributed by atoms with E-state index in [0.29, 0.717) is 11.9 Å². The van der Waals surface area contributed by atoms with Gasteiger partial charge >= 0.3 is 0 Å². The molecule has 2 N–H and O–H groups in total. The van der Waals surface area contributed by atoms with Crippen LogP contribution in [-0.4, -0.2) is 14.8 Å². The van der Waals surface area contributed by atoms with Gasteiger partial charge in [0.25, 0.3) is 0 Å². The molecular formula is C12H16N4. The fourth-order valence-corrected chi connectivity index (χ4v) is 1.85. The van der Waals surface area contributed by atoms with Gasteiger partial charge in [-0.1, -0.05) is 19.9 Å². The molecule has 0 aliphatic carbocycles. The van der Waals surface area contributed by atoms with Gasteiger partial charge in [-0.25, -0.2) is 9.67 Å². The minimum Gasteiger partial charge on any atom is -0.366 e. The number of rotatable bonds is 2. The summed E-state index contributed by atoms with van der Waals surface area (Å²) in [5, 5.41) is 4.08. The molecule has 2 aromatic rings. The van der Waals surface area contributed by atoms with E-state index in [1.165, 1.54) is 11.1 Å². The fraction of sp³-hybridized carbons (Fsp3) is 0.333. The Morgan fingerprint density at radius 3 is 2.56 bits per heavy atom. The Kier molecular flexibility index (Phi) is 2.64. The molecule has 0 aliphatic heterocycles. The molecule has 84 valence electrons. The third kappa shape index (κ3) is 1.91. The molecule has 16 heavy (non-hydrogen) atoms. The summed E-state index contributed by atoms with van der Waals surface area (Å²) in [6.45, 7) is 6.49. The smallest absolute Gasteiger partial charge is 0.239 e. The van der Waals surface area contributed by atoms with E-state index in [-0.39, 0.29) is 0 Å². The fourth-order valence-electron chi connectivity index (χ4n) is 1.85. The lowest BCUT2D eigenvalue weighted by Gasteiger charge is -2.11. The van der Waals surface area contributed by atoms with E-state index in [1.807, 2.05) is 6.07 Å². The first kappa shape index (κ1) is 10.7. The molecule has 0 saturated carbocycles. The van der Waals surface area contributed by atoms with E-state index < -0.39 is 0 Å². The lowest BCUT2D eigenvalue weighted by molar-refractivity contribution is 0.844. The molecule has 4 nitrogen and oxygen atoms in total. The highest BCUT2D eigenvalue weighted by Gasteiger charge is 2.06. The van der Waals surface area contributed by atoms with Gasteiger partial charge in [-0.3, -0.25) is 0 Å². The maximum Gasteiger partial charge on any atom is 0.239 e. The quantitative estimate of drug-likeness (QED) is 0.837. The topological polar surface area (TPSA) is 56.7 Å². The zero-order valence-electron chi connectivity index (χ0n) is 9.81. The van der Waals surface area contributed by atoms with Crippen molar-refractivity contribution in [3.05, 3.63) is 35.7 Å². The van der Waals surface area contributed by atoms with Crippen LogP contribution >= 0.6 is 0 Å². The van der Waals surface area contributed by atoms with E-state index in [0.717, 1.165) is 5.69 Å². The summed E-state index contributed by atoms with van der Waals surface area (Å²) in [4.78, 5) is 3.91. The molecular weight excluding hydrogens is 200 g/mol. The maximum absolute atomic E-state index is 5.49. The van der Waals surface area contributed by atoms with Crippen LogP contribution in [0.15, 0.2) is 24.5 Å². The van der Waals surface area contributed by atoms with Gasteiger partial charge in [-0.2, -0.15) is 0 Å². The largest absolute Gasteiger partial charge is 0.366 e. The van der Waals surface area contributed by atoms with Crippen LogP contribution < -0.4 is 5.73 Å². The first-order valence-electron chi connectivity index (χ1n) is 5.36. The standard InChI is InChI=1S/C12H16N4/c1-8(2)11-5-4-10(6-9(11)3)16-7-14-12(13)15-16/h4-8H,1-3H3,(H2,13,15). The van der Waals surface area contributed by atoms with Gasteiger partial charge in [0.2, 0.25) is 5.95 Å². The number of nitrogens with zero attached hydrogens (tertiary/aromatic N) is 3. The average molecular weight is 216 g/mol. The zero-order valence-corrected chi connectivity index (χ0v) is 9.81. The number of aromatic nitrogens is 3. The third-order valence-electron chi connectivity index (χ3n) is 2.65. The second kappa shape index (κ2) is 3.96. The summed E-state index contributed by atoms with van der Waals surface area (Å²) in [7, 11) is 0. The van der Waals surface area contributed by atoms with Crippen molar-refractivity contribution in [1.29, 1.82) is 0 Å². The van der Waals surface area contributed by atoms with E-state index in [9.17, 15) is 0 Å². The Hall–Kier alpha value is -1.84. The lowest BCUT2D eigenvalue weighted by Crippen LogP contribution is -1.99. The Labute approximate surface area is 95.1 Å². The summed E-state index contributed by atoms with van der Waals surface area (Å²) < 4.78 is 1.69. The van der Waals surface area contributed by atoms with Gasteiger partial charge in [-0.15, -0.1) is 5.10 Å². The van der Waals surface area contributed by atoms with Crippen LogP contribution in [0.2, 0.25) is 0 Å². The number of hydrogen-bond acceptors (Lipinski definition) is 3. The number of benzene rings is 1. The van der Waals surface area contributed by atoms with Gasteiger partial charge in [0.15, 0.2) is 0 Å². The van der Waals surface area contributed by atoms with Crippen molar-refractivity contribution < 1.29 is 0 Å². The van der Waals surface area contributed by atoms with Gasteiger partial charge in [-0.05, 0) is 36.1 Å². The van der Waals surface area contributed by atoms with Gasteiger partial charge < -0.3 is 5.73 Å². The minimum absolute atomic E-state index is 0.297. The SMILES string of the molecule is Cc1cc(-n2cnc(N)n2)ccc1C(C)C. The van der Waals surface area contributed by atoms with E-state index in [2.05, 4.69) is 43.0 Å². The highest BCUT2D eigenvalue weighted by molar-refractivity contribution is 5.41. The van der Waals surface area contributed by atoms with Crippen molar-refractivity contribution >= 4 is 5.95 Å². The normalized spacial score (nSPS) is 11.0. The van der Waals surface area contributed by atoms with Crippen LogP contribution in [0.1, 0.15) is 30.9 Å². The molecule has 0 radical (unpaired) electrons. The summed E-state index contributed by atoms with van der Waals surface area (Å²) in [6, 6.07) is 6.27. The lowest BCUT2D eigenvalue weighted by atomic mass is 9.98. The molecule has 0 fully saturated rings. The molecule has 1 heterocycles. The van der Waals surface area contributed by atoms with Crippen LogP contribution in [0.5, 0.6) is 0 Å². The van der Waals surface area contributed by atoms with Crippen LogP contribution in [0.3, 0.4) is 0 Å². The third-order valence-corrected chi connectivity index (χ3v) is 2.65. The van der Waals surface area contributed by atoms with Gasteiger partial charge in [0.05, 0.1) is 5.69 Å². The first-order valence-corrected chi connectivity index (χ1v) is 5.36. The Morgan fingerprint density at radius 1 is 1.31 bits per heavy atom. The molecule has 4 heteroatoms. The molecule has 1 aromatic heterocycles. The number of nitrogens with two attached hydrogens (primary N) is 1. The molecule has 0 saturated heterocycles. The minimum atomic E-state index is 0.297. The summed E-state index contributed by atoms with van der Waals surface area (Å²) in [5.41, 5.74) is 9.10. The number of nitrogen functional groups attached to an aromatic ring is 1. The van der Waals surface area contributed by atoms with Gasteiger partial charge in [0, 0.05) is 0 Å². The predicted molar refractivity (Wildman–Crippen MR) is 64.6 cm³/mol. The molecule has 1 aromatic carbocycles. The average Bonchev–Trinajstić information content (AvgIpc) is 2.64. The highest BCUT2D eigenvalue weighted by Crippen LogP contribution is 2.21. The van der Waals surface area contributed by atoms with E-state index in [4.69, 9.17) is 5.73 Å². The summed E-state index contributed by atoms with van der Waals surface area (Å²) in [5.74, 6) is 0.834. The Balaban J connectivity index is 2.42. The number of aryl methyl sites for hydroxylation is 1. The monoisotopic (exact) mass is 216 g/mol. The van der Waals surface area contributed by atoms with Crippen molar-refractivity contribution in [3.8, 4) is 5.69 Å². The van der Waals surface area contributed by atoms with Crippen LogP contribution in [0.25, 0.3) is 5.69 Å². The van der Waals surface area contributed by atoms with Crippen molar-refractivity contribution in [2.75, 3.05) is 5.73 Å². The molecule has 0 atom stereocenters. The molecule has 0 unspecified atom stereocenters. The van der Waals surface area contributed by atoms with E-state index >= 15 is 0 Å². The number of hydrogen-bond donors (Lipinski definition) is 1. The predicted octanol–water partition coefficient (Wildman–Crippen LogP) is 2.28. The molecule has 0 spiro atoms. The van der Waals surface area contributed by atoms with Crippen molar-refractivity contribution in [2.24, 2.45) is 0 Å². The molecule has 2 rings (SSSR count). The van der Waals surface area contributed by atoms with Crippen LogP contribution in [0.4, 0.5) is 5.95 Å². The number of anilines is 1. The second-order valence-electron chi connectivity index (χ2n) is 4.24. The van der Waals surface area contributed by atoms with Crippen molar-refractivity contribution in [3.63, 3.8) is 0 Å². The van der Waals surface area contributed by atoms with Crippen molar-refractivity contribution in [2.45, 2.75) is 26.7 Å². The summed E-state index contributed by atoms with van der Waals surface area (Å²) in [6.07, 6.45) is 1.62. The maximum atomic E-state index is 5.49.